The first-order valence-electron chi connectivity index (χ1n) is 5.76. The van der Waals surface area contributed by atoms with E-state index in [0.29, 0.717) is 17.8 Å². The summed E-state index contributed by atoms with van der Waals surface area (Å²) in [5.41, 5.74) is 18.1. The van der Waals surface area contributed by atoms with Gasteiger partial charge < -0.3 is 22.5 Å². The minimum atomic E-state index is -0.147. The van der Waals surface area contributed by atoms with Crippen LogP contribution < -0.4 is 22.5 Å². The molecule has 0 aliphatic carbocycles. The van der Waals surface area contributed by atoms with Gasteiger partial charge in [-0.05, 0) is 30.7 Å². The van der Waals surface area contributed by atoms with Crippen LogP contribution in [0.15, 0.2) is 28.2 Å². The second kappa shape index (κ2) is 6.39. The number of amides is 1. The zero-order valence-corrected chi connectivity index (χ0v) is 11.0. The molecule has 0 spiro atoms. The van der Waals surface area contributed by atoms with Crippen molar-refractivity contribution in [3.8, 4) is 0 Å². The minimum Gasteiger partial charge on any atom is -0.370 e. The van der Waals surface area contributed by atoms with Crippen LogP contribution in [-0.4, -0.2) is 17.8 Å². The highest BCUT2D eigenvalue weighted by Gasteiger charge is 2.03. The van der Waals surface area contributed by atoms with E-state index in [9.17, 15) is 4.79 Å². The predicted molar refractivity (Wildman–Crippen MR) is 77.2 cm³/mol. The van der Waals surface area contributed by atoms with Crippen LogP contribution in [-0.2, 0) is 4.79 Å². The molecule has 0 radical (unpaired) electrons. The van der Waals surface area contributed by atoms with Gasteiger partial charge in [0.25, 0.3) is 0 Å². The molecule has 1 amide bonds. The number of nitrogens with zero attached hydrogens (tertiary/aromatic N) is 2. The standard InChI is InChI=1S/C12H18N6O/c1-3-10(19)16-8-4-5-9(7(2)6-8)17-12(15)18-11(13)14/h4-6H,3H2,1-2H3,(H,16,19)(H6,13,14,15,17,18). The van der Waals surface area contributed by atoms with Crippen molar-refractivity contribution in [1.82, 2.24) is 0 Å². The lowest BCUT2D eigenvalue weighted by Crippen LogP contribution is -2.26. The Morgan fingerprint density at radius 3 is 2.53 bits per heavy atom. The summed E-state index contributed by atoms with van der Waals surface area (Å²) >= 11 is 0. The fourth-order valence-electron chi connectivity index (χ4n) is 1.39. The second-order valence-electron chi connectivity index (χ2n) is 3.91. The van der Waals surface area contributed by atoms with Crippen molar-refractivity contribution < 1.29 is 4.79 Å². The number of aryl methyl sites for hydroxylation is 1. The largest absolute Gasteiger partial charge is 0.370 e. The number of guanidine groups is 2. The molecule has 0 atom stereocenters. The van der Waals surface area contributed by atoms with Gasteiger partial charge in [-0.3, -0.25) is 4.79 Å². The highest BCUT2D eigenvalue weighted by molar-refractivity contribution is 5.94. The summed E-state index contributed by atoms with van der Waals surface area (Å²) in [5.74, 6) is -0.213. The normalized spacial score (nSPS) is 10.9. The average molecular weight is 262 g/mol. The first-order valence-corrected chi connectivity index (χ1v) is 5.76. The van der Waals surface area contributed by atoms with E-state index >= 15 is 0 Å². The topological polar surface area (TPSA) is 132 Å². The van der Waals surface area contributed by atoms with Gasteiger partial charge in [0.1, 0.15) is 0 Å². The third-order valence-corrected chi connectivity index (χ3v) is 2.28. The van der Waals surface area contributed by atoms with Crippen molar-refractivity contribution in [2.24, 2.45) is 27.2 Å². The number of carbonyl (C=O) groups excluding carboxylic acids is 1. The van der Waals surface area contributed by atoms with Crippen LogP contribution >= 0.6 is 0 Å². The fraction of sp³-hybridized carbons (Fsp3) is 0.250. The van der Waals surface area contributed by atoms with Crippen LogP contribution in [0.3, 0.4) is 0 Å². The Hall–Kier alpha value is -2.57. The van der Waals surface area contributed by atoms with Crippen molar-refractivity contribution in [2.45, 2.75) is 20.3 Å². The van der Waals surface area contributed by atoms with Crippen LogP contribution in [0.4, 0.5) is 11.4 Å². The molecule has 0 saturated carbocycles. The first kappa shape index (κ1) is 14.5. The van der Waals surface area contributed by atoms with Crippen molar-refractivity contribution in [3.63, 3.8) is 0 Å². The van der Waals surface area contributed by atoms with Crippen molar-refractivity contribution in [1.29, 1.82) is 0 Å². The molecule has 7 N–H and O–H groups in total. The second-order valence-corrected chi connectivity index (χ2v) is 3.91. The van der Waals surface area contributed by atoms with Crippen LogP contribution in [0.25, 0.3) is 0 Å². The Morgan fingerprint density at radius 1 is 1.32 bits per heavy atom. The van der Waals surface area contributed by atoms with E-state index in [1.807, 2.05) is 6.92 Å². The summed E-state index contributed by atoms with van der Waals surface area (Å²) in [5, 5.41) is 2.76. The van der Waals surface area contributed by atoms with Gasteiger partial charge in [-0.1, -0.05) is 6.92 Å². The number of nitrogens with two attached hydrogens (primary N) is 3. The molecule has 0 bridgehead atoms. The van der Waals surface area contributed by atoms with Gasteiger partial charge in [0.15, 0.2) is 5.96 Å². The quantitative estimate of drug-likeness (QED) is 0.468. The Morgan fingerprint density at radius 2 is 2.00 bits per heavy atom. The number of hydrogen-bond donors (Lipinski definition) is 4. The Balaban J connectivity index is 2.95. The summed E-state index contributed by atoms with van der Waals surface area (Å²) < 4.78 is 0. The van der Waals surface area contributed by atoms with Gasteiger partial charge in [0, 0.05) is 12.1 Å². The molecule has 0 aliphatic rings. The molecule has 0 aliphatic heterocycles. The molecule has 1 aromatic carbocycles. The molecule has 1 rings (SSSR count). The average Bonchev–Trinajstić information content (AvgIpc) is 2.31. The van der Waals surface area contributed by atoms with Crippen LogP contribution in [0.2, 0.25) is 0 Å². The van der Waals surface area contributed by atoms with E-state index in [2.05, 4.69) is 15.3 Å². The summed E-state index contributed by atoms with van der Waals surface area (Å²) in [6.45, 7) is 3.64. The molecular formula is C12H18N6O. The molecule has 0 unspecified atom stereocenters. The third kappa shape index (κ3) is 4.66. The van der Waals surface area contributed by atoms with Crippen LogP contribution in [0.1, 0.15) is 18.9 Å². The van der Waals surface area contributed by atoms with Gasteiger partial charge in [0.05, 0.1) is 5.69 Å². The van der Waals surface area contributed by atoms with Crippen molar-refractivity contribution in [3.05, 3.63) is 23.8 Å². The number of benzene rings is 1. The monoisotopic (exact) mass is 262 g/mol. The lowest BCUT2D eigenvalue weighted by molar-refractivity contribution is -0.115. The maximum Gasteiger partial charge on any atom is 0.224 e. The fourth-order valence-corrected chi connectivity index (χ4v) is 1.39. The SMILES string of the molecule is CCC(=O)Nc1ccc(N=C(N)N=C(N)N)c(C)c1. The predicted octanol–water partition coefficient (Wildman–Crippen LogP) is 0.563. The van der Waals surface area contributed by atoms with Gasteiger partial charge >= 0.3 is 0 Å². The van der Waals surface area contributed by atoms with Gasteiger partial charge in [-0.2, -0.15) is 4.99 Å². The molecular weight excluding hydrogens is 244 g/mol. The molecule has 0 heterocycles. The number of rotatable bonds is 3. The molecule has 7 heteroatoms. The van der Waals surface area contributed by atoms with E-state index in [4.69, 9.17) is 17.2 Å². The van der Waals surface area contributed by atoms with Crippen molar-refractivity contribution in [2.75, 3.05) is 5.32 Å². The molecule has 19 heavy (non-hydrogen) atoms. The van der Waals surface area contributed by atoms with Crippen molar-refractivity contribution >= 4 is 29.2 Å². The molecule has 0 aromatic heterocycles. The lowest BCUT2D eigenvalue weighted by atomic mass is 10.2. The van der Waals surface area contributed by atoms with Crippen LogP contribution in [0, 0.1) is 6.92 Å². The number of carbonyl (C=O) groups is 1. The molecule has 0 saturated heterocycles. The van der Waals surface area contributed by atoms with E-state index in [-0.39, 0.29) is 17.8 Å². The third-order valence-electron chi connectivity index (χ3n) is 2.28. The summed E-state index contributed by atoms with van der Waals surface area (Å²) in [6, 6.07) is 5.27. The lowest BCUT2D eigenvalue weighted by Gasteiger charge is -2.06. The minimum absolute atomic E-state index is 0.0200. The van der Waals surface area contributed by atoms with Gasteiger partial charge in [0.2, 0.25) is 11.9 Å². The van der Waals surface area contributed by atoms with Gasteiger partial charge in [-0.15, -0.1) is 0 Å². The molecule has 102 valence electrons. The van der Waals surface area contributed by atoms with E-state index in [1.165, 1.54) is 0 Å². The zero-order valence-electron chi connectivity index (χ0n) is 11.0. The zero-order chi connectivity index (χ0) is 14.4. The highest BCUT2D eigenvalue weighted by atomic mass is 16.1. The number of nitrogens with one attached hydrogen (secondary N) is 1. The van der Waals surface area contributed by atoms with E-state index < -0.39 is 0 Å². The summed E-state index contributed by atoms with van der Waals surface area (Å²) in [7, 11) is 0. The molecule has 0 fully saturated rings. The Kier molecular flexibility index (Phi) is 4.87. The van der Waals surface area contributed by atoms with E-state index in [1.54, 1.807) is 25.1 Å². The Labute approximate surface area is 111 Å². The number of anilines is 1. The van der Waals surface area contributed by atoms with Crippen LogP contribution in [0.5, 0.6) is 0 Å². The maximum atomic E-state index is 11.3. The summed E-state index contributed by atoms with van der Waals surface area (Å²) in [6.07, 6.45) is 0.427. The smallest absolute Gasteiger partial charge is 0.224 e. The Bertz CT molecular complexity index is 531. The molecule has 7 nitrogen and oxygen atoms in total. The number of aliphatic imine (C=N–C) groups is 2. The highest BCUT2D eigenvalue weighted by Crippen LogP contribution is 2.22. The van der Waals surface area contributed by atoms with Gasteiger partial charge in [-0.25, -0.2) is 4.99 Å². The summed E-state index contributed by atoms with van der Waals surface area (Å²) in [4.78, 5) is 19.0. The van der Waals surface area contributed by atoms with E-state index in [0.717, 1.165) is 5.56 Å². The molecule has 1 aromatic rings. The number of hydrogen-bond acceptors (Lipinski definition) is 2. The maximum absolute atomic E-state index is 11.3. The first-order chi connectivity index (χ1) is 8.92.